The number of benzene rings is 1. The van der Waals surface area contributed by atoms with E-state index < -0.39 is 0 Å². The van der Waals surface area contributed by atoms with Crippen molar-refractivity contribution in [2.75, 3.05) is 5.73 Å². The molecule has 1 aromatic heterocycles. The molecule has 0 radical (unpaired) electrons. The minimum absolute atomic E-state index is 0.185. The van der Waals surface area contributed by atoms with Gasteiger partial charge in [-0.25, -0.2) is 0 Å². The summed E-state index contributed by atoms with van der Waals surface area (Å²) in [5, 5.41) is 4.47. The molecule has 2 rings (SSSR count). The molecule has 0 atom stereocenters. The molecule has 0 aliphatic heterocycles. The van der Waals surface area contributed by atoms with E-state index in [2.05, 4.69) is 5.10 Å². The molecule has 4 nitrogen and oxygen atoms in total. The van der Waals surface area contributed by atoms with E-state index in [1.165, 1.54) is 0 Å². The fraction of sp³-hybridized carbons (Fsp3) is 0.0909. The summed E-state index contributed by atoms with van der Waals surface area (Å²) in [5.74, 6) is -0.185. The second kappa shape index (κ2) is 3.98. The lowest BCUT2D eigenvalue weighted by Crippen LogP contribution is -2.04. The van der Waals surface area contributed by atoms with Crippen molar-refractivity contribution >= 4 is 23.1 Å². The third-order valence-corrected chi connectivity index (χ3v) is 2.35. The summed E-state index contributed by atoms with van der Waals surface area (Å²) in [6.07, 6.45) is 1.71. The first kappa shape index (κ1) is 10.7. The highest BCUT2D eigenvalue weighted by atomic mass is 35.5. The number of ketones is 1. The number of nitrogens with zero attached hydrogens (tertiary/aromatic N) is 2. The number of anilines is 1. The summed E-state index contributed by atoms with van der Waals surface area (Å²) < 4.78 is 1.57. The van der Waals surface area contributed by atoms with Gasteiger partial charge in [0.05, 0.1) is 0 Å². The number of aryl methyl sites for hydroxylation is 1. The summed E-state index contributed by atoms with van der Waals surface area (Å²) in [6, 6.07) is 6.41. The Morgan fingerprint density at radius 3 is 2.75 bits per heavy atom. The molecule has 82 valence electrons. The summed E-state index contributed by atoms with van der Waals surface area (Å²) in [7, 11) is 1.75. The van der Waals surface area contributed by atoms with Gasteiger partial charge in [0.2, 0.25) is 5.78 Å². The summed E-state index contributed by atoms with van der Waals surface area (Å²) in [4.78, 5) is 12.0. The topological polar surface area (TPSA) is 60.9 Å². The number of nitrogen functional groups attached to an aromatic ring is 1. The van der Waals surface area contributed by atoms with Crippen molar-refractivity contribution in [1.29, 1.82) is 0 Å². The van der Waals surface area contributed by atoms with Crippen molar-refractivity contribution in [2.45, 2.75) is 0 Å². The number of rotatable bonds is 2. The minimum Gasteiger partial charge on any atom is -0.399 e. The maximum absolute atomic E-state index is 12.0. The van der Waals surface area contributed by atoms with Gasteiger partial charge >= 0.3 is 0 Å². The van der Waals surface area contributed by atoms with Gasteiger partial charge in [-0.15, -0.1) is 0 Å². The number of nitrogens with two attached hydrogens (primary N) is 1. The van der Waals surface area contributed by atoms with E-state index >= 15 is 0 Å². The van der Waals surface area contributed by atoms with Crippen LogP contribution in [0.3, 0.4) is 0 Å². The van der Waals surface area contributed by atoms with Crippen LogP contribution in [-0.4, -0.2) is 15.6 Å². The van der Waals surface area contributed by atoms with Gasteiger partial charge in [-0.3, -0.25) is 9.48 Å². The first-order chi connectivity index (χ1) is 7.56. The lowest BCUT2D eigenvalue weighted by Gasteiger charge is -2.00. The number of hydrogen-bond donors (Lipinski definition) is 1. The van der Waals surface area contributed by atoms with Crippen molar-refractivity contribution in [2.24, 2.45) is 7.05 Å². The highest BCUT2D eigenvalue weighted by Crippen LogP contribution is 2.18. The lowest BCUT2D eigenvalue weighted by molar-refractivity contribution is 0.103. The highest BCUT2D eigenvalue weighted by Gasteiger charge is 2.12. The first-order valence-electron chi connectivity index (χ1n) is 4.66. The van der Waals surface area contributed by atoms with Crippen LogP contribution in [0.5, 0.6) is 0 Å². The van der Waals surface area contributed by atoms with Crippen LogP contribution in [0.15, 0.2) is 30.5 Å². The molecule has 2 aromatic rings. The van der Waals surface area contributed by atoms with Gasteiger partial charge in [-0.1, -0.05) is 11.6 Å². The molecule has 0 aliphatic rings. The molecular formula is C11H10ClN3O. The quantitative estimate of drug-likeness (QED) is 0.639. The van der Waals surface area contributed by atoms with Crippen molar-refractivity contribution in [1.82, 2.24) is 9.78 Å². The van der Waals surface area contributed by atoms with Crippen molar-refractivity contribution in [3.05, 3.63) is 46.7 Å². The molecule has 16 heavy (non-hydrogen) atoms. The molecule has 0 saturated heterocycles. The average molecular weight is 236 g/mol. The Morgan fingerprint density at radius 2 is 2.19 bits per heavy atom. The zero-order valence-electron chi connectivity index (χ0n) is 8.64. The van der Waals surface area contributed by atoms with Crippen molar-refractivity contribution in [3.8, 4) is 0 Å². The van der Waals surface area contributed by atoms with E-state index in [-0.39, 0.29) is 5.78 Å². The van der Waals surface area contributed by atoms with E-state index in [1.807, 2.05) is 0 Å². The zero-order chi connectivity index (χ0) is 11.7. The third-order valence-electron chi connectivity index (χ3n) is 2.13. The van der Waals surface area contributed by atoms with Crippen molar-refractivity contribution in [3.63, 3.8) is 0 Å². The van der Waals surface area contributed by atoms with Crippen molar-refractivity contribution < 1.29 is 4.79 Å². The van der Waals surface area contributed by atoms with Crippen LogP contribution in [0.2, 0.25) is 5.02 Å². The van der Waals surface area contributed by atoms with E-state index in [0.717, 1.165) is 0 Å². The van der Waals surface area contributed by atoms with Crippen LogP contribution < -0.4 is 5.73 Å². The molecule has 0 fully saturated rings. The largest absolute Gasteiger partial charge is 0.399 e. The van der Waals surface area contributed by atoms with Gasteiger partial charge in [0.25, 0.3) is 0 Å². The minimum atomic E-state index is -0.185. The second-order valence-corrected chi connectivity index (χ2v) is 3.91. The Morgan fingerprint density at radius 1 is 1.44 bits per heavy atom. The Labute approximate surface area is 97.6 Å². The van der Waals surface area contributed by atoms with E-state index in [0.29, 0.717) is 22.0 Å². The fourth-order valence-electron chi connectivity index (χ4n) is 1.43. The normalized spacial score (nSPS) is 10.4. The van der Waals surface area contributed by atoms with Crippen LogP contribution in [0.25, 0.3) is 0 Å². The monoisotopic (exact) mass is 235 g/mol. The predicted molar refractivity (Wildman–Crippen MR) is 62.5 cm³/mol. The second-order valence-electron chi connectivity index (χ2n) is 3.48. The molecular weight excluding hydrogens is 226 g/mol. The van der Waals surface area contributed by atoms with E-state index in [1.54, 1.807) is 42.2 Å². The fourth-order valence-corrected chi connectivity index (χ4v) is 1.67. The predicted octanol–water partition coefficient (Wildman–Crippen LogP) is 1.89. The summed E-state index contributed by atoms with van der Waals surface area (Å²) in [5.41, 5.74) is 6.91. The maximum Gasteiger partial charge on any atom is 0.213 e. The Balaban J connectivity index is 2.41. The van der Waals surface area contributed by atoms with Gasteiger partial charge in [0.1, 0.15) is 5.69 Å². The number of hydrogen-bond acceptors (Lipinski definition) is 3. The van der Waals surface area contributed by atoms with Crippen LogP contribution in [0.1, 0.15) is 16.1 Å². The van der Waals surface area contributed by atoms with Crippen LogP contribution in [0.4, 0.5) is 5.69 Å². The third kappa shape index (κ3) is 2.06. The smallest absolute Gasteiger partial charge is 0.213 e. The molecule has 0 bridgehead atoms. The van der Waals surface area contributed by atoms with E-state index in [4.69, 9.17) is 17.3 Å². The Kier molecular flexibility index (Phi) is 2.66. The maximum atomic E-state index is 12.0. The SMILES string of the molecule is Cn1ccc(C(=O)c2cc(N)cc(Cl)c2)n1. The molecule has 1 heterocycles. The number of carbonyl (C=O) groups excluding carboxylic acids is 1. The molecule has 2 N–H and O–H groups in total. The molecule has 0 spiro atoms. The van der Waals surface area contributed by atoms with E-state index in [9.17, 15) is 4.79 Å². The van der Waals surface area contributed by atoms with Crippen LogP contribution in [-0.2, 0) is 7.05 Å². The molecule has 1 aromatic carbocycles. The molecule has 0 saturated carbocycles. The van der Waals surface area contributed by atoms with Gasteiger partial charge in [0, 0.05) is 29.5 Å². The molecule has 0 amide bonds. The number of aromatic nitrogens is 2. The average Bonchev–Trinajstić information content (AvgIpc) is 2.62. The summed E-state index contributed by atoms with van der Waals surface area (Å²) >= 11 is 5.83. The molecule has 5 heteroatoms. The standard InChI is InChI=1S/C11H10ClN3O/c1-15-3-2-10(14-15)11(16)7-4-8(12)6-9(13)5-7/h2-6H,13H2,1H3. The number of halogens is 1. The number of carbonyl (C=O) groups is 1. The Hall–Kier alpha value is -1.81. The zero-order valence-corrected chi connectivity index (χ0v) is 9.40. The van der Waals surface area contributed by atoms with Gasteiger partial charge in [-0.2, -0.15) is 5.10 Å². The Bertz CT molecular complexity index is 528. The van der Waals surface area contributed by atoms with Gasteiger partial charge in [-0.05, 0) is 24.3 Å². The van der Waals surface area contributed by atoms with Gasteiger partial charge < -0.3 is 5.73 Å². The summed E-state index contributed by atoms with van der Waals surface area (Å²) in [6.45, 7) is 0. The molecule has 0 aliphatic carbocycles. The van der Waals surface area contributed by atoms with Gasteiger partial charge in [0.15, 0.2) is 0 Å². The van der Waals surface area contributed by atoms with Crippen LogP contribution >= 0.6 is 11.6 Å². The lowest BCUT2D eigenvalue weighted by atomic mass is 10.1. The van der Waals surface area contributed by atoms with Crippen LogP contribution in [0, 0.1) is 0 Å². The first-order valence-corrected chi connectivity index (χ1v) is 5.04. The molecule has 0 unspecified atom stereocenters. The highest BCUT2D eigenvalue weighted by molar-refractivity contribution is 6.31.